The van der Waals surface area contributed by atoms with E-state index in [9.17, 15) is 0 Å². The van der Waals surface area contributed by atoms with Gasteiger partial charge >= 0.3 is 0 Å². The predicted molar refractivity (Wildman–Crippen MR) is 72.0 cm³/mol. The highest BCUT2D eigenvalue weighted by molar-refractivity contribution is 5.44. The molecule has 2 N–H and O–H groups in total. The maximum absolute atomic E-state index is 5.94. The molecule has 2 aromatic rings. The van der Waals surface area contributed by atoms with Crippen molar-refractivity contribution in [1.82, 2.24) is 14.8 Å². The molecule has 0 bridgehead atoms. The molecule has 5 heteroatoms. The van der Waals surface area contributed by atoms with Crippen molar-refractivity contribution in [3.05, 3.63) is 29.8 Å². The number of nitrogens with zero attached hydrogens (tertiary/aromatic N) is 4. The summed E-state index contributed by atoms with van der Waals surface area (Å²) in [5.41, 5.74) is 8.12. The molecule has 1 saturated heterocycles. The maximum atomic E-state index is 5.94. The Balaban J connectivity index is 1.94. The molecule has 0 aliphatic carbocycles. The molecule has 1 aromatic heterocycles. The van der Waals surface area contributed by atoms with Crippen LogP contribution in [0.1, 0.15) is 18.4 Å². The van der Waals surface area contributed by atoms with Crippen LogP contribution in [0, 0.1) is 6.92 Å². The molecule has 3 rings (SSSR count). The highest BCUT2D eigenvalue weighted by atomic mass is 15.5. The van der Waals surface area contributed by atoms with Crippen molar-refractivity contribution in [3.63, 3.8) is 0 Å². The summed E-state index contributed by atoms with van der Waals surface area (Å²) < 4.78 is 1.70. The van der Waals surface area contributed by atoms with Gasteiger partial charge in [0.05, 0.1) is 5.69 Å². The summed E-state index contributed by atoms with van der Waals surface area (Å²) in [7, 11) is 0. The summed E-state index contributed by atoms with van der Waals surface area (Å²) in [6.07, 6.45) is 2.41. The normalized spacial score (nSPS) is 15.3. The van der Waals surface area contributed by atoms with E-state index in [1.54, 1.807) is 4.68 Å². The van der Waals surface area contributed by atoms with Gasteiger partial charge in [0.2, 0.25) is 11.9 Å². The number of hydrogen-bond acceptors (Lipinski definition) is 4. The third-order valence-corrected chi connectivity index (χ3v) is 3.29. The van der Waals surface area contributed by atoms with Crippen LogP contribution >= 0.6 is 0 Å². The van der Waals surface area contributed by atoms with E-state index in [2.05, 4.69) is 21.9 Å². The van der Waals surface area contributed by atoms with E-state index in [0.29, 0.717) is 5.95 Å². The van der Waals surface area contributed by atoms with Crippen LogP contribution in [0.5, 0.6) is 0 Å². The fourth-order valence-corrected chi connectivity index (χ4v) is 2.24. The number of benzene rings is 1. The molecule has 0 radical (unpaired) electrons. The van der Waals surface area contributed by atoms with E-state index < -0.39 is 0 Å². The summed E-state index contributed by atoms with van der Waals surface area (Å²) in [6, 6.07) is 8.11. The molecule has 1 fully saturated rings. The number of nitrogens with two attached hydrogens (primary N) is 1. The summed E-state index contributed by atoms with van der Waals surface area (Å²) in [5.74, 6) is 1.19. The predicted octanol–water partition coefficient (Wildman–Crippen LogP) is 1.76. The molecule has 5 nitrogen and oxygen atoms in total. The first-order valence-corrected chi connectivity index (χ1v) is 6.28. The molecule has 0 saturated carbocycles. The van der Waals surface area contributed by atoms with Crippen molar-refractivity contribution < 1.29 is 0 Å². The lowest BCUT2D eigenvalue weighted by Gasteiger charge is -2.10. The number of aromatic nitrogens is 3. The number of aryl methyl sites for hydroxylation is 1. The Kier molecular flexibility index (Phi) is 2.66. The van der Waals surface area contributed by atoms with E-state index in [0.717, 1.165) is 24.7 Å². The number of hydrogen-bond donors (Lipinski definition) is 1. The van der Waals surface area contributed by atoms with Crippen LogP contribution in [0.15, 0.2) is 24.3 Å². The quantitative estimate of drug-likeness (QED) is 0.873. The second kappa shape index (κ2) is 4.33. The van der Waals surface area contributed by atoms with Crippen molar-refractivity contribution in [1.29, 1.82) is 0 Å². The Labute approximate surface area is 106 Å². The van der Waals surface area contributed by atoms with Crippen molar-refractivity contribution in [2.75, 3.05) is 23.7 Å². The molecule has 0 unspecified atom stereocenters. The number of nitrogen functional groups attached to an aromatic ring is 1. The molecule has 94 valence electrons. The minimum Gasteiger partial charge on any atom is -0.368 e. The van der Waals surface area contributed by atoms with Gasteiger partial charge in [-0.05, 0) is 31.9 Å². The average molecular weight is 243 g/mol. The largest absolute Gasteiger partial charge is 0.368 e. The van der Waals surface area contributed by atoms with E-state index in [1.165, 1.54) is 18.4 Å². The van der Waals surface area contributed by atoms with Crippen LogP contribution in [0.4, 0.5) is 11.9 Å². The van der Waals surface area contributed by atoms with E-state index in [4.69, 9.17) is 5.73 Å². The topological polar surface area (TPSA) is 60.0 Å². The van der Waals surface area contributed by atoms with Gasteiger partial charge in [-0.1, -0.05) is 17.7 Å². The maximum Gasteiger partial charge on any atom is 0.246 e. The van der Waals surface area contributed by atoms with Gasteiger partial charge in [0, 0.05) is 13.1 Å². The summed E-state index contributed by atoms with van der Waals surface area (Å²) in [5, 5.41) is 4.50. The van der Waals surface area contributed by atoms with Gasteiger partial charge in [0.15, 0.2) is 0 Å². The van der Waals surface area contributed by atoms with Crippen molar-refractivity contribution in [2.45, 2.75) is 19.8 Å². The Hall–Kier alpha value is -2.04. The van der Waals surface area contributed by atoms with Gasteiger partial charge in [-0.3, -0.25) is 0 Å². The van der Waals surface area contributed by atoms with Crippen LogP contribution in [-0.4, -0.2) is 27.9 Å². The van der Waals surface area contributed by atoms with Gasteiger partial charge < -0.3 is 10.6 Å². The first-order chi connectivity index (χ1) is 8.74. The van der Waals surface area contributed by atoms with Crippen molar-refractivity contribution in [3.8, 4) is 5.69 Å². The Morgan fingerprint density at radius 1 is 1.11 bits per heavy atom. The monoisotopic (exact) mass is 243 g/mol. The molecule has 18 heavy (non-hydrogen) atoms. The Bertz CT molecular complexity index is 537. The smallest absolute Gasteiger partial charge is 0.246 e. The molecule has 0 atom stereocenters. The van der Waals surface area contributed by atoms with Gasteiger partial charge in [-0.2, -0.15) is 9.67 Å². The fourth-order valence-electron chi connectivity index (χ4n) is 2.24. The van der Waals surface area contributed by atoms with Gasteiger partial charge in [-0.25, -0.2) is 0 Å². The lowest BCUT2D eigenvalue weighted by Crippen LogP contribution is -2.19. The average Bonchev–Trinajstić information content (AvgIpc) is 2.99. The lowest BCUT2D eigenvalue weighted by molar-refractivity contribution is 0.847. The molecular formula is C13H17N5. The van der Waals surface area contributed by atoms with E-state index in [-0.39, 0.29) is 0 Å². The second-order valence-electron chi connectivity index (χ2n) is 4.71. The molecule has 0 amide bonds. The minimum absolute atomic E-state index is 0.445. The minimum atomic E-state index is 0.445. The van der Waals surface area contributed by atoms with Crippen LogP contribution in [0.3, 0.4) is 0 Å². The molecule has 1 aliphatic heterocycles. The molecular weight excluding hydrogens is 226 g/mol. The fraction of sp³-hybridized carbons (Fsp3) is 0.385. The van der Waals surface area contributed by atoms with Gasteiger partial charge in [0.1, 0.15) is 0 Å². The number of anilines is 2. The van der Waals surface area contributed by atoms with Crippen LogP contribution < -0.4 is 10.6 Å². The summed E-state index contributed by atoms with van der Waals surface area (Å²) >= 11 is 0. The molecule has 1 aromatic carbocycles. The van der Waals surface area contributed by atoms with Crippen LogP contribution in [0.2, 0.25) is 0 Å². The Morgan fingerprint density at radius 2 is 1.78 bits per heavy atom. The van der Waals surface area contributed by atoms with Gasteiger partial charge in [-0.15, -0.1) is 5.10 Å². The SMILES string of the molecule is Cc1ccc(-n2nc(N3CCCC3)nc2N)cc1. The summed E-state index contributed by atoms with van der Waals surface area (Å²) in [6.45, 7) is 4.11. The third kappa shape index (κ3) is 1.92. The molecule has 2 heterocycles. The summed E-state index contributed by atoms with van der Waals surface area (Å²) in [4.78, 5) is 6.53. The zero-order chi connectivity index (χ0) is 12.5. The first-order valence-electron chi connectivity index (χ1n) is 6.28. The van der Waals surface area contributed by atoms with Gasteiger partial charge in [0.25, 0.3) is 0 Å². The third-order valence-electron chi connectivity index (χ3n) is 3.29. The molecule has 1 aliphatic rings. The zero-order valence-corrected chi connectivity index (χ0v) is 10.5. The Morgan fingerprint density at radius 3 is 2.44 bits per heavy atom. The number of rotatable bonds is 2. The molecule has 0 spiro atoms. The van der Waals surface area contributed by atoms with Crippen LogP contribution in [-0.2, 0) is 0 Å². The highest BCUT2D eigenvalue weighted by Gasteiger charge is 2.18. The highest BCUT2D eigenvalue weighted by Crippen LogP contribution is 2.20. The zero-order valence-electron chi connectivity index (χ0n) is 10.5. The van der Waals surface area contributed by atoms with Crippen molar-refractivity contribution in [2.24, 2.45) is 0 Å². The lowest BCUT2D eigenvalue weighted by atomic mass is 10.2. The van der Waals surface area contributed by atoms with Crippen molar-refractivity contribution >= 4 is 11.9 Å². The first kappa shape index (κ1) is 11.1. The van der Waals surface area contributed by atoms with E-state index in [1.807, 2.05) is 24.3 Å². The second-order valence-corrected chi connectivity index (χ2v) is 4.71. The van der Waals surface area contributed by atoms with E-state index >= 15 is 0 Å². The van der Waals surface area contributed by atoms with Crippen LogP contribution in [0.25, 0.3) is 5.69 Å². The standard InChI is InChI=1S/C13H17N5/c1-10-4-6-11(7-5-10)18-12(14)15-13(16-18)17-8-2-3-9-17/h4-7H,2-3,8-9H2,1H3,(H2,14,15,16).